The fraction of sp³-hybridized carbons (Fsp3) is 0.762. The Morgan fingerprint density at radius 3 is 1.94 bits per heavy atom. The minimum atomic E-state index is -1.19. The number of unbranched alkanes of at least 4 members (excludes halogenated alkanes) is 1. The van der Waals surface area contributed by atoms with E-state index in [-0.39, 0.29) is 25.2 Å². The molecule has 0 aliphatic carbocycles. The van der Waals surface area contributed by atoms with Gasteiger partial charge in [0.25, 0.3) is 0 Å². The standard InChI is InChI=1S/C21H40N6O6S/c1-12(2)17(21(32)33)27-20(31)15(9-11-34-3)26-19(30)14(7-8-16(24)28)25-18(29)13(23)6-4-5-10-22/h12-15,17H,4-11,22-23H2,1-3H3,(H2,24,28)(H,25,29)(H,26,30)(H,27,31)(H,32,33). The summed E-state index contributed by atoms with van der Waals surface area (Å²) in [6.07, 6.45) is 3.52. The Morgan fingerprint density at radius 2 is 1.44 bits per heavy atom. The van der Waals surface area contributed by atoms with Gasteiger partial charge in [-0.3, -0.25) is 19.2 Å². The van der Waals surface area contributed by atoms with Crippen LogP contribution in [0.4, 0.5) is 0 Å². The highest BCUT2D eigenvalue weighted by molar-refractivity contribution is 7.98. The van der Waals surface area contributed by atoms with Crippen molar-refractivity contribution in [3.63, 3.8) is 0 Å². The quantitative estimate of drug-likeness (QED) is 0.110. The van der Waals surface area contributed by atoms with E-state index < -0.39 is 53.8 Å². The summed E-state index contributed by atoms with van der Waals surface area (Å²) in [4.78, 5) is 60.9. The molecule has 12 nitrogen and oxygen atoms in total. The molecule has 4 amide bonds. The lowest BCUT2D eigenvalue weighted by Crippen LogP contribution is -2.57. The second kappa shape index (κ2) is 17.1. The van der Waals surface area contributed by atoms with Gasteiger partial charge in [-0.1, -0.05) is 20.3 Å². The molecule has 0 spiro atoms. The molecular weight excluding hydrogens is 464 g/mol. The first-order chi connectivity index (χ1) is 15.9. The number of hydrogen-bond acceptors (Lipinski definition) is 8. The molecule has 0 aromatic carbocycles. The SMILES string of the molecule is CSCCC(NC(=O)C(CCC(N)=O)NC(=O)C(N)CCCCN)C(=O)NC(C(=O)O)C(C)C. The van der Waals surface area contributed by atoms with E-state index in [4.69, 9.17) is 17.2 Å². The molecule has 0 bridgehead atoms. The maximum atomic E-state index is 13.0. The zero-order chi connectivity index (χ0) is 26.3. The van der Waals surface area contributed by atoms with E-state index in [0.717, 1.165) is 0 Å². The van der Waals surface area contributed by atoms with Crippen LogP contribution in [0.25, 0.3) is 0 Å². The van der Waals surface area contributed by atoms with Crippen LogP contribution in [0.3, 0.4) is 0 Å². The first-order valence-electron chi connectivity index (χ1n) is 11.3. The van der Waals surface area contributed by atoms with Crippen molar-refractivity contribution in [3.05, 3.63) is 0 Å². The molecule has 0 saturated heterocycles. The van der Waals surface area contributed by atoms with Crippen LogP contribution in [0, 0.1) is 5.92 Å². The molecule has 0 saturated carbocycles. The molecule has 13 heteroatoms. The van der Waals surface area contributed by atoms with E-state index in [9.17, 15) is 29.1 Å². The Kier molecular flexibility index (Phi) is 15.9. The fourth-order valence-corrected chi connectivity index (χ4v) is 3.49. The minimum absolute atomic E-state index is 0.0803. The highest BCUT2D eigenvalue weighted by atomic mass is 32.2. The number of carbonyl (C=O) groups is 5. The van der Waals surface area contributed by atoms with Crippen LogP contribution in [0.5, 0.6) is 0 Å². The third kappa shape index (κ3) is 12.8. The van der Waals surface area contributed by atoms with Gasteiger partial charge in [0.2, 0.25) is 23.6 Å². The van der Waals surface area contributed by atoms with Crippen molar-refractivity contribution in [2.45, 2.75) is 76.5 Å². The van der Waals surface area contributed by atoms with Crippen molar-refractivity contribution < 1.29 is 29.1 Å². The van der Waals surface area contributed by atoms with E-state index in [1.165, 1.54) is 11.8 Å². The Morgan fingerprint density at radius 1 is 0.882 bits per heavy atom. The van der Waals surface area contributed by atoms with Crippen LogP contribution >= 0.6 is 11.8 Å². The number of primary amides is 1. The molecule has 0 aromatic heterocycles. The molecule has 34 heavy (non-hydrogen) atoms. The van der Waals surface area contributed by atoms with Crippen LogP contribution in [0.2, 0.25) is 0 Å². The van der Waals surface area contributed by atoms with Crippen LogP contribution < -0.4 is 33.2 Å². The molecule has 4 atom stereocenters. The number of thioether (sulfide) groups is 1. The molecular formula is C21H40N6O6S. The lowest BCUT2D eigenvalue weighted by molar-refractivity contribution is -0.143. The van der Waals surface area contributed by atoms with Crippen LogP contribution in [0.1, 0.15) is 52.4 Å². The van der Waals surface area contributed by atoms with E-state index in [1.807, 2.05) is 6.26 Å². The van der Waals surface area contributed by atoms with Crippen molar-refractivity contribution in [2.24, 2.45) is 23.1 Å². The molecule has 0 aliphatic heterocycles. The number of carboxylic acid groups (broad SMARTS) is 1. The summed E-state index contributed by atoms with van der Waals surface area (Å²) in [5, 5.41) is 16.9. The smallest absolute Gasteiger partial charge is 0.326 e. The Labute approximate surface area is 204 Å². The summed E-state index contributed by atoms with van der Waals surface area (Å²) in [6, 6.07) is -4.18. The molecule has 4 unspecified atom stereocenters. The molecule has 196 valence electrons. The summed E-state index contributed by atoms with van der Waals surface area (Å²) in [5.41, 5.74) is 16.5. The van der Waals surface area contributed by atoms with E-state index in [1.54, 1.807) is 13.8 Å². The molecule has 0 rings (SSSR count). The summed E-state index contributed by atoms with van der Waals surface area (Å²) in [5.74, 6) is -3.62. The number of nitrogens with one attached hydrogen (secondary N) is 3. The van der Waals surface area contributed by atoms with Gasteiger partial charge >= 0.3 is 5.97 Å². The second-order valence-electron chi connectivity index (χ2n) is 8.37. The van der Waals surface area contributed by atoms with Gasteiger partial charge in [0.1, 0.15) is 18.1 Å². The van der Waals surface area contributed by atoms with Gasteiger partial charge in [0.05, 0.1) is 6.04 Å². The molecule has 0 radical (unpaired) electrons. The average Bonchev–Trinajstić information content (AvgIpc) is 2.76. The Bertz CT molecular complexity index is 693. The van der Waals surface area contributed by atoms with Gasteiger partial charge in [0, 0.05) is 6.42 Å². The van der Waals surface area contributed by atoms with Crippen molar-refractivity contribution in [3.8, 4) is 0 Å². The van der Waals surface area contributed by atoms with Crippen molar-refractivity contribution in [1.82, 2.24) is 16.0 Å². The van der Waals surface area contributed by atoms with Gasteiger partial charge in [0.15, 0.2) is 0 Å². The number of rotatable bonds is 18. The third-order valence-electron chi connectivity index (χ3n) is 5.09. The number of amides is 4. The Hall–Kier alpha value is -2.38. The van der Waals surface area contributed by atoms with E-state index in [2.05, 4.69) is 16.0 Å². The van der Waals surface area contributed by atoms with Crippen LogP contribution in [-0.4, -0.2) is 77.4 Å². The molecule has 10 N–H and O–H groups in total. The highest BCUT2D eigenvalue weighted by Crippen LogP contribution is 2.08. The predicted molar refractivity (Wildman–Crippen MR) is 131 cm³/mol. The van der Waals surface area contributed by atoms with Gasteiger partial charge in [-0.2, -0.15) is 11.8 Å². The zero-order valence-electron chi connectivity index (χ0n) is 20.2. The number of nitrogens with two attached hydrogens (primary N) is 3. The maximum absolute atomic E-state index is 13.0. The zero-order valence-corrected chi connectivity index (χ0v) is 21.0. The molecule has 0 aliphatic rings. The fourth-order valence-electron chi connectivity index (χ4n) is 3.02. The minimum Gasteiger partial charge on any atom is -0.480 e. The number of hydrogen-bond donors (Lipinski definition) is 7. The normalized spacial score (nSPS) is 14.5. The molecule has 0 aromatic rings. The predicted octanol–water partition coefficient (Wildman–Crippen LogP) is -1.34. The summed E-state index contributed by atoms with van der Waals surface area (Å²) in [7, 11) is 0. The maximum Gasteiger partial charge on any atom is 0.326 e. The molecule has 0 fully saturated rings. The average molecular weight is 505 g/mol. The third-order valence-corrected chi connectivity index (χ3v) is 5.74. The highest BCUT2D eigenvalue weighted by Gasteiger charge is 2.31. The van der Waals surface area contributed by atoms with Gasteiger partial charge in [-0.05, 0) is 50.2 Å². The van der Waals surface area contributed by atoms with Crippen molar-refractivity contribution >= 4 is 41.4 Å². The summed E-state index contributed by atoms with van der Waals surface area (Å²) in [6.45, 7) is 3.78. The van der Waals surface area contributed by atoms with E-state index >= 15 is 0 Å². The molecule has 0 heterocycles. The van der Waals surface area contributed by atoms with Crippen LogP contribution in [0.15, 0.2) is 0 Å². The number of aliphatic carboxylic acids is 1. The van der Waals surface area contributed by atoms with Crippen molar-refractivity contribution in [2.75, 3.05) is 18.6 Å². The first kappa shape index (κ1) is 31.6. The first-order valence-corrected chi connectivity index (χ1v) is 12.7. The van der Waals surface area contributed by atoms with E-state index in [0.29, 0.717) is 31.6 Å². The summed E-state index contributed by atoms with van der Waals surface area (Å²) >= 11 is 1.45. The van der Waals surface area contributed by atoms with Gasteiger partial charge < -0.3 is 38.3 Å². The number of carbonyl (C=O) groups excluding carboxylic acids is 4. The van der Waals surface area contributed by atoms with Gasteiger partial charge in [-0.25, -0.2) is 4.79 Å². The van der Waals surface area contributed by atoms with Crippen LogP contribution in [-0.2, 0) is 24.0 Å². The van der Waals surface area contributed by atoms with Gasteiger partial charge in [-0.15, -0.1) is 0 Å². The lowest BCUT2D eigenvalue weighted by Gasteiger charge is -2.26. The monoisotopic (exact) mass is 504 g/mol. The number of carboxylic acids is 1. The van der Waals surface area contributed by atoms with Crippen molar-refractivity contribution in [1.29, 1.82) is 0 Å². The summed E-state index contributed by atoms with van der Waals surface area (Å²) < 4.78 is 0. The Balaban J connectivity index is 5.44. The second-order valence-corrected chi connectivity index (χ2v) is 9.35. The topological polar surface area (TPSA) is 220 Å². The largest absolute Gasteiger partial charge is 0.480 e. The lowest BCUT2D eigenvalue weighted by atomic mass is 10.0.